The summed E-state index contributed by atoms with van der Waals surface area (Å²) in [5.41, 5.74) is -5.87. The van der Waals surface area contributed by atoms with E-state index in [-0.39, 0.29) is 28.2 Å². The van der Waals surface area contributed by atoms with Gasteiger partial charge in [0.25, 0.3) is 0 Å². The maximum Gasteiger partial charge on any atom is 0.149 e. The summed E-state index contributed by atoms with van der Waals surface area (Å²) < 4.78 is 193. The molecule has 0 saturated heterocycles. The van der Waals surface area contributed by atoms with Gasteiger partial charge >= 0.3 is 0 Å². The van der Waals surface area contributed by atoms with Crippen LogP contribution in [0.4, 0.5) is 0 Å². The minimum atomic E-state index is -3.97. The van der Waals surface area contributed by atoms with Gasteiger partial charge in [-0.1, -0.05) is 188 Å². The molecule has 0 aliphatic carbocycles. The monoisotopic (exact) mass is 894 g/mol. The van der Waals surface area contributed by atoms with Gasteiger partial charge in [0, 0.05) is 43.4 Å². The van der Waals surface area contributed by atoms with Crippen molar-refractivity contribution in [1.82, 2.24) is 14.5 Å². The summed E-state index contributed by atoms with van der Waals surface area (Å²) in [6, 6.07) is 22.8. The number of imidazole rings is 1. The third-order valence-electron chi connectivity index (χ3n) is 11.8. The van der Waals surface area contributed by atoms with Crippen LogP contribution in [0.1, 0.15) is 161 Å². The molecule has 2 heterocycles. The van der Waals surface area contributed by atoms with E-state index in [1.54, 1.807) is 30.3 Å². The van der Waals surface area contributed by atoms with Crippen LogP contribution in [0, 0.1) is 0 Å². The number of fused-ring (bicyclic) bond motifs is 1. The van der Waals surface area contributed by atoms with Crippen molar-refractivity contribution in [2.75, 3.05) is 0 Å². The maximum absolute atomic E-state index is 12.9. The Balaban J connectivity index is 1.50. The molecule has 2 aromatic heterocycles. The molecule has 66 heavy (non-hydrogen) atoms. The molecule has 4 nitrogen and oxygen atoms in total. The van der Waals surface area contributed by atoms with Crippen molar-refractivity contribution in [2.45, 2.75) is 131 Å². The molecule has 0 radical (unpaired) electrons. The lowest BCUT2D eigenvalue weighted by Gasteiger charge is -2.28. The van der Waals surface area contributed by atoms with Crippen LogP contribution in [0.3, 0.4) is 0 Å². The highest BCUT2D eigenvalue weighted by Crippen LogP contribution is 2.46. The molecule has 0 spiro atoms. The molecule has 0 amide bonds. The first kappa shape index (κ1) is 26.2. The Morgan fingerprint density at radius 1 is 0.500 bits per heavy atom. The summed E-state index contributed by atoms with van der Waals surface area (Å²) in [5, 5.41) is 12.9. The van der Waals surface area contributed by atoms with Gasteiger partial charge in [-0.05, 0) is 126 Å². The summed E-state index contributed by atoms with van der Waals surface area (Å²) >= 11 is 0. The predicted octanol–water partition coefficient (Wildman–Crippen LogP) is 16.9. The van der Waals surface area contributed by atoms with Crippen molar-refractivity contribution >= 4 is 11.0 Å². The number of hydrogen-bond donors (Lipinski definition) is 1. The van der Waals surface area contributed by atoms with E-state index < -0.39 is 126 Å². The van der Waals surface area contributed by atoms with E-state index >= 15 is 0 Å². The van der Waals surface area contributed by atoms with Gasteiger partial charge in [0.05, 0.1) is 37.6 Å². The zero-order chi connectivity index (χ0) is 66.3. The second-order valence-electron chi connectivity index (χ2n) is 20.3. The number of nitrogens with zero attached hydrogens (tertiary/aromatic N) is 3. The zero-order valence-electron chi connectivity index (χ0n) is 61.0. The number of aromatic nitrogens is 3. The fourth-order valence-corrected chi connectivity index (χ4v) is 8.07. The molecule has 0 atom stereocenters. The second-order valence-corrected chi connectivity index (χ2v) is 20.3. The van der Waals surface area contributed by atoms with Gasteiger partial charge in [-0.25, -0.2) is 4.98 Å². The van der Waals surface area contributed by atoms with E-state index in [0.29, 0.717) is 39.0 Å². The van der Waals surface area contributed by atoms with E-state index in [2.05, 4.69) is 11.1 Å². The minimum absolute atomic E-state index is 0.0256. The number of phenols is 1. The summed E-state index contributed by atoms with van der Waals surface area (Å²) in [6.07, 6.45) is -0.797. The number of phenolic OH excluding ortho intramolecular Hbond substituents is 1. The number of benzene rings is 6. The third-order valence-corrected chi connectivity index (χ3v) is 11.8. The lowest BCUT2D eigenvalue weighted by Crippen LogP contribution is -2.18. The highest BCUT2D eigenvalue weighted by atomic mass is 16.3. The average Bonchev–Trinajstić information content (AvgIpc) is 0.744. The maximum atomic E-state index is 12.9. The topological polar surface area (TPSA) is 50.9 Å². The van der Waals surface area contributed by atoms with Gasteiger partial charge in [-0.15, -0.1) is 0 Å². The lowest BCUT2D eigenvalue weighted by molar-refractivity contribution is 0.446. The minimum Gasteiger partial charge on any atom is -0.507 e. The van der Waals surface area contributed by atoms with Gasteiger partial charge in [-0.3, -0.25) is 9.55 Å². The van der Waals surface area contributed by atoms with Gasteiger partial charge < -0.3 is 5.11 Å². The van der Waals surface area contributed by atoms with Crippen LogP contribution in [-0.2, 0) is 27.1 Å². The van der Waals surface area contributed by atoms with Gasteiger partial charge in [-0.2, -0.15) is 0 Å². The molecule has 0 fully saturated rings. The van der Waals surface area contributed by atoms with E-state index in [1.807, 2.05) is 121 Å². The van der Waals surface area contributed by atoms with Crippen molar-refractivity contribution in [3.05, 3.63) is 167 Å². The van der Waals surface area contributed by atoms with Gasteiger partial charge in [0.2, 0.25) is 0 Å². The Morgan fingerprint density at radius 2 is 1.17 bits per heavy atom. The zero-order valence-corrected chi connectivity index (χ0v) is 39.0. The van der Waals surface area contributed by atoms with Crippen LogP contribution in [0.5, 0.6) is 5.75 Å². The molecule has 0 bridgehead atoms. The summed E-state index contributed by atoms with van der Waals surface area (Å²) in [6.45, 7) is 0.374. The molecule has 0 aliphatic heterocycles. The number of rotatable bonds is 6. The molecular formula is C62H69N3O. The lowest BCUT2D eigenvalue weighted by atomic mass is 9.78. The van der Waals surface area contributed by atoms with Crippen LogP contribution in [0.2, 0.25) is 0 Å². The third kappa shape index (κ3) is 9.12. The molecule has 0 aliphatic rings. The highest BCUT2D eigenvalue weighted by Gasteiger charge is 2.31. The van der Waals surface area contributed by atoms with Crippen LogP contribution in [-0.4, -0.2) is 19.6 Å². The first-order chi connectivity index (χ1) is 40.0. The Labute approximate surface area is 425 Å². The molecule has 4 heteroatoms. The SMILES string of the molecule is [2H]c1nc(-c2cc(-c3cccc4c3nc(-c3cc(C(C)(C)C)cc(C(C)(C([2H])([2H])[2H])C([2H])([2H])[2H])c3O)n4-c3ccc(-c4ccccc4)cc3C(C)(C)C)cc(C(C)(C)C)c2)c([2H])c(-c2c([2H])c([2H])c(C(C([2H])([2H])[2H])(C([2H])([2H])[2H])C([2H])([2H])[2H])c([2H])c2[2H])c1[2H]. The smallest absolute Gasteiger partial charge is 0.149 e. The fraction of sp³-hybridized carbons (Fsp3) is 0.323. The van der Waals surface area contributed by atoms with E-state index in [0.717, 1.165) is 23.6 Å². The fourth-order valence-electron chi connectivity index (χ4n) is 8.07. The van der Waals surface area contributed by atoms with Crippen molar-refractivity contribution in [1.29, 1.82) is 0 Å². The Morgan fingerprint density at radius 3 is 1.82 bits per heavy atom. The van der Waals surface area contributed by atoms with Crippen LogP contribution < -0.4 is 0 Å². The summed E-state index contributed by atoms with van der Waals surface area (Å²) in [7, 11) is 0. The van der Waals surface area contributed by atoms with Crippen molar-refractivity contribution in [3.63, 3.8) is 0 Å². The Hall–Kier alpha value is -6.26. The number of para-hydroxylation sites is 1. The predicted molar refractivity (Wildman–Crippen MR) is 281 cm³/mol. The number of hydrogen-bond acceptors (Lipinski definition) is 3. The normalized spacial score (nSPS) is 18.6. The molecular weight excluding hydrogens is 803 g/mol. The average molecular weight is 894 g/mol. The van der Waals surface area contributed by atoms with Gasteiger partial charge in [0.1, 0.15) is 11.6 Å². The number of aromatic hydroxyl groups is 1. The Bertz CT molecular complexity index is 3990. The number of pyridine rings is 1. The quantitative estimate of drug-likeness (QED) is 0.181. The first-order valence-corrected chi connectivity index (χ1v) is 21.8. The summed E-state index contributed by atoms with van der Waals surface area (Å²) in [4.78, 5) is 9.79. The summed E-state index contributed by atoms with van der Waals surface area (Å²) in [5.74, 6) is -0.507. The second kappa shape index (κ2) is 16.6. The molecule has 1 N–H and O–H groups in total. The van der Waals surface area contributed by atoms with Crippen molar-refractivity contribution < 1.29 is 35.3 Å². The molecule has 8 rings (SSSR count). The molecule has 8 aromatic rings. The van der Waals surface area contributed by atoms with Crippen LogP contribution >= 0.6 is 0 Å². The van der Waals surface area contributed by atoms with Crippen LogP contribution in [0.15, 0.2) is 139 Å². The molecule has 338 valence electrons. The molecule has 6 aromatic carbocycles. The standard InChI is InChI=1S/C62H69N3O/c1-58(2,3)45-27-24-40(25-28-45)42-30-31-63-52(36-42)44-32-43(33-46(34-44)59(4,5)6)48-22-19-23-54-55(48)64-57(49-37-47(60(7,8)9)38-51(56(49)66)62(13,14)15)65(54)53-29-26-41(35-50(53)61(10,11)12)39-20-17-16-18-21-39/h16-38,66H,1-15H3/i1D3,2D3,3D3,13D3,14D3,24D,25D,27D,28D,30D,31D,36D. The van der Waals surface area contributed by atoms with Crippen molar-refractivity contribution in [3.8, 4) is 67.5 Å². The molecule has 0 saturated carbocycles. The van der Waals surface area contributed by atoms with E-state index in [1.165, 1.54) is 6.07 Å². The molecule has 0 unspecified atom stereocenters. The van der Waals surface area contributed by atoms with Crippen LogP contribution in [0.25, 0.3) is 72.7 Å². The largest absolute Gasteiger partial charge is 0.507 e. The highest BCUT2D eigenvalue weighted by molar-refractivity contribution is 5.97. The first-order valence-electron chi connectivity index (χ1n) is 32.8. The Kier molecular flexibility index (Phi) is 6.57. The van der Waals surface area contributed by atoms with E-state index in [4.69, 9.17) is 31.0 Å². The van der Waals surface area contributed by atoms with Crippen molar-refractivity contribution in [2.24, 2.45) is 0 Å². The van der Waals surface area contributed by atoms with Gasteiger partial charge in [0.15, 0.2) is 0 Å². The van der Waals surface area contributed by atoms with E-state index in [9.17, 15) is 9.22 Å².